The van der Waals surface area contributed by atoms with Gasteiger partial charge >= 0.3 is 5.82 Å². The quantitative estimate of drug-likeness (QED) is 0.493. The van der Waals surface area contributed by atoms with Crippen molar-refractivity contribution in [1.29, 1.82) is 0 Å². The second-order valence-electron chi connectivity index (χ2n) is 7.87. The summed E-state index contributed by atoms with van der Waals surface area (Å²) in [6.45, 7) is 2.22. The van der Waals surface area contributed by atoms with Crippen LogP contribution in [0.1, 0.15) is 6.92 Å². The highest BCUT2D eigenvalue weighted by Gasteiger charge is 2.34. The van der Waals surface area contributed by atoms with Gasteiger partial charge in [-0.3, -0.25) is 0 Å². The Bertz CT molecular complexity index is 1260. The average molecular weight is 398 g/mol. The summed E-state index contributed by atoms with van der Waals surface area (Å²) < 4.78 is 6.92. The lowest BCUT2D eigenvalue weighted by Gasteiger charge is -2.21. The first-order valence-electron chi connectivity index (χ1n) is 10.3. The molecule has 5 rings (SSSR count). The van der Waals surface area contributed by atoms with E-state index in [1.165, 1.54) is 11.0 Å². The van der Waals surface area contributed by atoms with E-state index in [2.05, 4.69) is 137 Å². The highest BCUT2D eigenvalue weighted by molar-refractivity contribution is 5.78. The van der Waals surface area contributed by atoms with Crippen LogP contribution in [-0.2, 0) is 14.1 Å². The Hall–Kier alpha value is -3.60. The van der Waals surface area contributed by atoms with Crippen molar-refractivity contribution < 1.29 is 9.13 Å². The molecule has 0 N–H and O–H groups in total. The summed E-state index contributed by atoms with van der Waals surface area (Å²) in [5, 5.41) is 0. The van der Waals surface area contributed by atoms with Gasteiger partial charge in [-0.25, -0.2) is 14.0 Å². The molecule has 0 fully saturated rings. The molecule has 1 aliphatic heterocycles. The van der Waals surface area contributed by atoms with Gasteiger partial charge in [-0.05, 0) is 43.3 Å². The number of anilines is 1. The molecule has 0 unspecified atom stereocenters. The number of hydrogen-bond acceptors (Lipinski definition) is 2. The molecule has 5 nitrogen and oxygen atoms in total. The molecule has 2 aromatic heterocycles. The monoisotopic (exact) mass is 397 g/mol. The maximum atomic E-state index is 2.35. The lowest BCUT2D eigenvalue weighted by Crippen LogP contribution is -2.45. The summed E-state index contributed by atoms with van der Waals surface area (Å²) in [6, 6.07) is 25.7. The topological polar surface area (TPSA) is 19.2 Å². The number of hydrogen-bond donors (Lipinski definition) is 0. The minimum atomic E-state index is 0.278. The molecule has 0 amide bonds. The van der Waals surface area contributed by atoms with Crippen LogP contribution in [0.25, 0.3) is 28.2 Å². The van der Waals surface area contributed by atoms with Gasteiger partial charge in [0.05, 0.1) is 14.1 Å². The normalized spacial score (nSPS) is 16.1. The number of rotatable bonds is 3. The molecule has 2 aromatic carbocycles. The Balaban J connectivity index is 1.78. The summed E-state index contributed by atoms with van der Waals surface area (Å²) >= 11 is 0. The Morgan fingerprint density at radius 3 is 2.23 bits per heavy atom. The molecule has 0 spiro atoms. The minimum Gasteiger partial charge on any atom is -0.339 e. The van der Waals surface area contributed by atoms with E-state index in [1.54, 1.807) is 0 Å². The Morgan fingerprint density at radius 1 is 0.767 bits per heavy atom. The van der Waals surface area contributed by atoms with Crippen molar-refractivity contribution >= 4 is 16.9 Å². The lowest BCUT2D eigenvalue weighted by atomic mass is 10.2. The van der Waals surface area contributed by atoms with Gasteiger partial charge in [-0.2, -0.15) is 4.57 Å². The average Bonchev–Trinajstić information content (AvgIpc) is 3.26. The van der Waals surface area contributed by atoms with Gasteiger partial charge in [-0.1, -0.05) is 30.3 Å². The number of para-hydroxylation sites is 3. The van der Waals surface area contributed by atoms with Crippen LogP contribution in [0, 0.1) is 0 Å². The second kappa shape index (κ2) is 7.02. The maximum absolute atomic E-state index is 2.35. The van der Waals surface area contributed by atoms with Crippen molar-refractivity contribution in [3.8, 4) is 17.2 Å². The number of benzene rings is 2. The standard InChI is InChI=1S/C25H27N5/c1-19-26(2)17-18-29(19)24-16-10-15-23(27(24)3)25-28(4)21-13-8-9-14-22(21)30(25)20-11-6-5-7-12-20/h5-19H,1-4H3/q+2/t19-/m0/s1. The van der Waals surface area contributed by atoms with Gasteiger partial charge in [0.2, 0.25) is 5.69 Å². The smallest absolute Gasteiger partial charge is 0.335 e. The van der Waals surface area contributed by atoms with E-state index >= 15 is 0 Å². The van der Waals surface area contributed by atoms with Crippen molar-refractivity contribution in [1.82, 2.24) is 9.47 Å². The molecule has 0 saturated heterocycles. The zero-order chi connectivity index (χ0) is 20.8. The maximum Gasteiger partial charge on any atom is 0.335 e. The molecule has 30 heavy (non-hydrogen) atoms. The fraction of sp³-hybridized carbons (Fsp3) is 0.200. The third-order valence-electron chi connectivity index (χ3n) is 6.18. The number of imidazole rings is 1. The third kappa shape index (κ3) is 2.70. The van der Waals surface area contributed by atoms with Gasteiger partial charge in [0.15, 0.2) is 17.2 Å². The van der Waals surface area contributed by atoms with Gasteiger partial charge in [0.1, 0.15) is 11.9 Å². The molecule has 5 heteroatoms. The van der Waals surface area contributed by atoms with Crippen LogP contribution in [0.5, 0.6) is 0 Å². The number of nitrogens with zero attached hydrogens (tertiary/aromatic N) is 5. The molecule has 150 valence electrons. The number of aryl methyl sites for hydroxylation is 1. The molecule has 0 radical (unpaired) electrons. The molecule has 0 aliphatic carbocycles. The van der Waals surface area contributed by atoms with E-state index in [0.29, 0.717) is 0 Å². The Morgan fingerprint density at radius 2 is 1.50 bits per heavy atom. The van der Waals surface area contributed by atoms with E-state index in [4.69, 9.17) is 0 Å². The van der Waals surface area contributed by atoms with E-state index in [-0.39, 0.29) is 6.17 Å². The van der Waals surface area contributed by atoms with Gasteiger partial charge in [-0.15, -0.1) is 0 Å². The van der Waals surface area contributed by atoms with Crippen LogP contribution in [-0.4, -0.2) is 22.7 Å². The van der Waals surface area contributed by atoms with Crippen LogP contribution in [0.4, 0.5) is 5.82 Å². The van der Waals surface area contributed by atoms with Crippen molar-refractivity contribution in [2.24, 2.45) is 14.1 Å². The van der Waals surface area contributed by atoms with Gasteiger partial charge in [0, 0.05) is 19.3 Å². The number of aromatic nitrogens is 3. The highest BCUT2D eigenvalue weighted by Crippen LogP contribution is 2.27. The van der Waals surface area contributed by atoms with Crippen LogP contribution < -0.4 is 14.0 Å². The molecular weight excluding hydrogens is 370 g/mol. The summed E-state index contributed by atoms with van der Waals surface area (Å²) in [5.74, 6) is 2.31. The largest absolute Gasteiger partial charge is 0.339 e. The summed E-state index contributed by atoms with van der Waals surface area (Å²) in [4.78, 5) is 4.52. The first kappa shape index (κ1) is 18.4. The molecule has 0 bridgehead atoms. The lowest BCUT2D eigenvalue weighted by molar-refractivity contribution is -0.672. The molecule has 0 saturated carbocycles. The Labute approximate surface area is 177 Å². The first-order valence-corrected chi connectivity index (χ1v) is 10.3. The summed E-state index contributed by atoms with van der Waals surface area (Å²) in [7, 11) is 6.41. The van der Waals surface area contributed by atoms with E-state index in [0.717, 1.165) is 23.0 Å². The molecule has 1 atom stereocenters. The van der Waals surface area contributed by atoms with E-state index < -0.39 is 0 Å². The summed E-state index contributed by atoms with van der Waals surface area (Å²) in [6.07, 6.45) is 4.55. The van der Waals surface area contributed by atoms with Crippen LogP contribution in [0.2, 0.25) is 0 Å². The SMILES string of the molecule is C[C@H]1N(C)C=CN1c1cccc(-c2n(-c3ccccc3)c3ccccc3[n+]2C)[n+]1C. The molecule has 1 aliphatic rings. The number of pyridine rings is 1. The van der Waals surface area contributed by atoms with Crippen LogP contribution in [0.15, 0.2) is 85.2 Å². The predicted molar refractivity (Wildman–Crippen MR) is 120 cm³/mol. The van der Waals surface area contributed by atoms with Crippen LogP contribution >= 0.6 is 0 Å². The third-order valence-corrected chi connectivity index (χ3v) is 6.18. The van der Waals surface area contributed by atoms with Crippen molar-refractivity contribution in [3.63, 3.8) is 0 Å². The van der Waals surface area contributed by atoms with Crippen molar-refractivity contribution in [3.05, 3.63) is 85.2 Å². The minimum absolute atomic E-state index is 0.278. The highest BCUT2D eigenvalue weighted by atomic mass is 15.4. The predicted octanol–water partition coefficient (Wildman–Crippen LogP) is 3.52. The fourth-order valence-electron chi connectivity index (χ4n) is 4.39. The zero-order valence-corrected chi connectivity index (χ0v) is 17.9. The van der Waals surface area contributed by atoms with E-state index in [1.807, 2.05) is 0 Å². The zero-order valence-electron chi connectivity index (χ0n) is 17.9. The van der Waals surface area contributed by atoms with E-state index in [9.17, 15) is 0 Å². The molecular formula is C25H27N5+2. The summed E-state index contributed by atoms with van der Waals surface area (Å²) in [5.41, 5.74) is 4.71. The molecule has 3 heterocycles. The second-order valence-corrected chi connectivity index (χ2v) is 7.87. The van der Waals surface area contributed by atoms with Gasteiger partial charge in [0.25, 0.3) is 5.82 Å². The molecule has 4 aromatic rings. The van der Waals surface area contributed by atoms with Crippen molar-refractivity contribution in [2.75, 3.05) is 11.9 Å². The fourth-order valence-corrected chi connectivity index (χ4v) is 4.39. The number of fused-ring (bicyclic) bond motifs is 1. The van der Waals surface area contributed by atoms with Gasteiger partial charge < -0.3 is 4.90 Å². The van der Waals surface area contributed by atoms with Crippen LogP contribution in [0.3, 0.4) is 0 Å². The Kier molecular flexibility index (Phi) is 4.31. The van der Waals surface area contributed by atoms with Crippen molar-refractivity contribution in [2.45, 2.75) is 13.1 Å². The first-order chi connectivity index (χ1) is 14.6.